The molecule has 0 spiro atoms. The third-order valence-corrected chi connectivity index (χ3v) is 9.75. The molecule has 2 amide bonds. The van der Waals surface area contributed by atoms with Crippen molar-refractivity contribution in [1.82, 2.24) is 43.6 Å². The minimum Gasteiger partial charge on any atom is -0.494 e. The topological polar surface area (TPSA) is 253 Å². The van der Waals surface area contributed by atoms with E-state index in [1.165, 1.54) is 19.2 Å². The highest BCUT2D eigenvalue weighted by molar-refractivity contribution is 6.12. The van der Waals surface area contributed by atoms with Crippen LogP contribution in [0.15, 0.2) is 54.7 Å². The standard InChI is InChI=1S/C40H45N13O6/c1-6-52-29(15-22(3)48-52)36-44-21-27-26-17-24(35(42)54)19-32(58-14-10-11-41)33(26)50(37(27)46-36)12-8-9-13-51-34-28(18-25(39(56)59-43)20-31(34)57-5)45-40(51)47-38(55)30-16-23(4)49-53(30)7-2/h8-9,15-21H,6-7,10-14,41,43H2,1-5H3,(H2,42,54)(H,45,47,55)/b9-8+. The van der Waals surface area contributed by atoms with Crippen LogP contribution in [0.3, 0.4) is 0 Å². The van der Waals surface area contributed by atoms with Crippen LogP contribution in [0.1, 0.15) is 62.9 Å². The molecular formula is C40H45N13O6. The minimum absolute atomic E-state index is 0.114. The second-order valence-electron chi connectivity index (χ2n) is 13.7. The lowest BCUT2D eigenvalue weighted by Gasteiger charge is -2.12. The Balaban J connectivity index is 1.34. The molecule has 19 nitrogen and oxygen atoms in total. The average Bonchev–Trinajstić information content (AvgIpc) is 3.99. The maximum Gasteiger partial charge on any atom is 0.356 e. The van der Waals surface area contributed by atoms with E-state index in [9.17, 15) is 14.4 Å². The molecule has 7 aromatic rings. The molecule has 0 atom stereocenters. The van der Waals surface area contributed by atoms with Crippen molar-refractivity contribution >= 4 is 56.7 Å². The number of allylic oxidation sites excluding steroid dienone is 2. The monoisotopic (exact) mass is 803 g/mol. The van der Waals surface area contributed by atoms with Gasteiger partial charge in [0.2, 0.25) is 11.9 Å². The maximum atomic E-state index is 13.7. The molecule has 7 rings (SSSR count). The van der Waals surface area contributed by atoms with Gasteiger partial charge in [-0.3, -0.25) is 24.3 Å². The molecule has 5 aromatic heterocycles. The van der Waals surface area contributed by atoms with E-state index in [0.717, 1.165) is 11.4 Å². The van der Waals surface area contributed by atoms with Crippen molar-refractivity contribution in [2.45, 2.75) is 60.3 Å². The van der Waals surface area contributed by atoms with E-state index in [2.05, 4.69) is 20.4 Å². The van der Waals surface area contributed by atoms with E-state index < -0.39 is 17.8 Å². The van der Waals surface area contributed by atoms with Gasteiger partial charge in [-0.25, -0.2) is 19.7 Å². The number of carbonyl (C=O) groups is 3. The van der Waals surface area contributed by atoms with Crippen molar-refractivity contribution in [1.29, 1.82) is 0 Å². The number of nitrogens with zero attached hydrogens (tertiary/aromatic N) is 9. The van der Waals surface area contributed by atoms with Crippen LogP contribution >= 0.6 is 0 Å². The number of methoxy groups -OCH3 is 1. The summed E-state index contributed by atoms with van der Waals surface area (Å²) in [5.41, 5.74) is 16.7. The zero-order chi connectivity index (χ0) is 42.0. The number of amides is 2. The number of fused-ring (bicyclic) bond motifs is 4. The SMILES string of the molecule is CCn1nc(C)cc1C(=O)Nc1nc2cc(C(=O)ON)cc(OC)c2n1C/C=C/Cn1c2nc(-c3cc(C)nn3CC)ncc2c2cc(C(N)=O)cc(OCCCN)c21. The van der Waals surface area contributed by atoms with Gasteiger partial charge in [0.15, 0.2) is 5.82 Å². The van der Waals surface area contributed by atoms with Gasteiger partial charge in [0.1, 0.15) is 34.1 Å². The van der Waals surface area contributed by atoms with Crippen molar-refractivity contribution in [3.8, 4) is 23.0 Å². The molecule has 0 saturated heterocycles. The predicted octanol–water partition coefficient (Wildman–Crippen LogP) is 4.03. The summed E-state index contributed by atoms with van der Waals surface area (Å²) >= 11 is 0. The van der Waals surface area contributed by atoms with Crippen LogP contribution in [0.5, 0.6) is 11.5 Å². The number of imidazole rings is 1. The Labute approximate surface area is 337 Å². The van der Waals surface area contributed by atoms with Crippen molar-refractivity contribution in [3.05, 3.63) is 83.0 Å². The first-order valence-corrected chi connectivity index (χ1v) is 19.0. The fraction of sp³-hybridized carbons (Fsp3) is 0.300. The van der Waals surface area contributed by atoms with E-state index in [0.29, 0.717) is 101 Å². The number of nitrogens with one attached hydrogen (secondary N) is 1. The van der Waals surface area contributed by atoms with E-state index >= 15 is 0 Å². The van der Waals surface area contributed by atoms with Gasteiger partial charge in [-0.1, -0.05) is 12.2 Å². The lowest BCUT2D eigenvalue weighted by Crippen LogP contribution is -2.20. The van der Waals surface area contributed by atoms with Gasteiger partial charge < -0.3 is 34.9 Å². The number of aromatic nitrogens is 9. The fourth-order valence-corrected chi connectivity index (χ4v) is 7.09. The van der Waals surface area contributed by atoms with Crippen LogP contribution in [0, 0.1) is 13.8 Å². The van der Waals surface area contributed by atoms with Crippen molar-refractivity contribution in [2.24, 2.45) is 17.4 Å². The molecule has 5 heterocycles. The molecule has 0 saturated carbocycles. The first kappa shape index (κ1) is 40.1. The quantitative estimate of drug-likeness (QED) is 0.0613. The summed E-state index contributed by atoms with van der Waals surface area (Å²) in [4.78, 5) is 57.6. The number of hydrogen-bond acceptors (Lipinski definition) is 13. The number of benzene rings is 2. The number of aryl methyl sites for hydroxylation is 4. The van der Waals surface area contributed by atoms with Gasteiger partial charge in [0.25, 0.3) is 5.91 Å². The molecule has 0 fully saturated rings. The highest BCUT2D eigenvalue weighted by Gasteiger charge is 2.24. The van der Waals surface area contributed by atoms with Crippen molar-refractivity contribution in [3.63, 3.8) is 0 Å². The van der Waals surface area contributed by atoms with Crippen LogP contribution in [0.2, 0.25) is 0 Å². The Morgan fingerprint density at radius 1 is 0.847 bits per heavy atom. The maximum absolute atomic E-state index is 13.7. The number of hydrogen-bond donors (Lipinski definition) is 4. The van der Waals surface area contributed by atoms with Gasteiger partial charge >= 0.3 is 5.97 Å². The third-order valence-electron chi connectivity index (χ3n) is 9.75. The van der Waals surface area contributed by atoms with Crippen LogP contribution in [0.4, 0.5) is 5.95 Å². The number of anilines is 1. The normalized spacial score (nSPS) is 11.6. The molecular weight excluding hydrogens is 759 g/mol. The lowest BCUT2D eigenvalue weighted by atomic mass is 10.1. The zero-order valence-electron chi connectivity index (χ0n) is 33.4. The Kier molecular flexibility index (Phi) is 11.4. The van der Waals surface area contributed by atoms with Crippen LogP contribution in [-0.4, -0.2) is 81.7 Å². The molecule has 7 N–H and O–H groups in total. The fourth-order valence-electron chi connectivity index (χ4n) is 7.09. The first-order valence-electron chi connectivity index (χ1n) is 19.0. The molecule has 0 aliphatic carbocycles. The van der Waals surface area contributed by atoms with Crippen LogP contribution in [0.25, 0.3) is 44.5 Å². The number of rotatable bonds is 16. The summed E-state index contributed by atoms with van der Waals surface area (Å²) in [5, 5.41) is 13.3. The van der Waals surface area contributed by atoms with Gasteiger partial charge in [0, 0.05) is 48.7 Å². The third kappa shape index (κ3) is 7.67. The highest BCUT2D eigenvalue weighted by atomic mass is 16.7. The largest absolute Gasteiger partial charge is 0.494 e. The molecule has 0 radical (unpaired) electrons. The predicted molar refractivity (Wildman–Crippen MR) is 220 cm³/mol. The molecule has 306 valence electrons. The number of ether oxygens (including phenoxy) is 2. The summed E-state index contributed by atoms with van der Waals surface area (Å²) in [5.74, 6) is 4.80. The summed E-state index contributed by atoms with van der Waals surface area (Å²) in [7, 11) is 1.46. The average molecular weight is 804 g/mol. The summed E-state index contributed by atoms with van der Waals surface area (Å²) in [6.45, 7) is 9.93. The van der Waals surface area contributed by atoms with Crippen molar-refractivity contribution in [2.75, 3.05) is 25.6 Å². The Hall–Kier alpha value is -7.12. The highest BCUT2D eigenvalue weighted by Crippen LogP contribution is 2.37. The Morgan fingerprint density at radius 2 is 1.56 bits per heavy atom. The molecule has 2 aromatic carbocycles. The first-order chi connectivity index (χ1) is 28.5. The second kappa shape index (κ2) is 16.8. The summed E-state index contributed by atoms with van der Waals surface area (Å²) in [6, 6.07) is 9.98. The van der Waals surface area contributed by atoms with Gasteiger partial charge in [-0.2, -0.15) is 16.1 Å². The summed E-state index contributed by atoms with van der Waals surface area (Å²) in [6.07, 6.45) is 6.16. The Morgan fingerprint density at radius 3 is 2.25 bits per heavy atom. The minimum atomic E-state index is -0.783. The van der Waals surface area contributed by atoms with Gasteiger partial charge in [-0.15, -0.1) is 0 Å². The van der Waals surface area contributed by atoms with E-state index in [4.69, 9.17) is 41.8 Å². The van der Waals surface area contributed by atoms with Gasteiger partial charge in [0.05, 0.1) is 41.7 Å². The molecule has 59 heavy (non-hydrogen) atoms. The summed E-state index contributed by atoms with van der Waals surface area (Å²) < 4.78 is 19.2. The van der Waals surface area contributed by atoms with Crippen molar-refractivity contribution < 1.29 is 28.7 Å². The van der Waals surface area contributed by atoms with E-state index in [1.807, 2.05) is 55.2 Å². The second-order valence-corrected chi connectivity index (χ2v) is 13.7. The molecule has 0 unspecified atom stereocenters. The van der Waals surface area contributed by atoms with E-state index in [1.54, 1.807) is 33.6 Å². The number of carbonyl (C=O) groups excluding carboxylic acids is 3. The van der Waals surface area contributed by atoms with E-state index in [-0.39, 0.29) is 23.6 Å². The number of primary amides is 1. The zero-order valence-corrected chi connectivity index (χ0v) is 33.4. The molecule has 0 aliphatic rings. The van der Waals surface area contributed by atoms with Crippen LogP contribution in [-0.2, 0) is 31.0 Å². The molecule has 0 aliphatic heterocycles. The molecule has 19 heteroatoms. The lowest BCUT2D eigenvalue weighted by molar-refractivity contribution is 0.0503. The smallest absolute Gasteiger partial charge is 0.356 e. The Bertz CT molecular complexity index is 2780. The number of nitrogens with two attached hydrogens (primary N) is 3. The van der Waals surface area contributed by atoms with Crippen LogP contribution < -0.4 is 32.2 Å². The van der Waals surface area contributed by atoms with Gasteiger partial charge in [-0.05, 0) is 77.1 Å². The molecule has 0 bridgehead atoms.